The normalized spacial score (nSPS) is 22.4. The Labute approximate surface area is 195 Å². The van der Waals surface area contributed by atoms with E-state index in [4.69, 9.17) is 20.9 Å². The van der Waals surface area contributed by atoms with E-state index in [9.17, 15) is 9.18 Å². The molecule has 33 heavy (non-hydrogen) atoms. The van der Waals surface area contributed by atoms with Crippen LogP contribution in [0, 0.1) is 18.7 Å². The molecule has 3 aromatic rings. The van der Waals surface area contributed by atoms with Crippen molar-refractivity contribution in [1.82, 2.24) is 4.98 Å². The average molecular weight is 471 g/mol. The lowest BCUT2D eigenvalue weighted by molar-refractivity contribution is 0.0939. The molecule has 0 spiro atoms. The van der Waals surface area contributed by atoms with Crippen LogP contribution >= 0.6 is 11.3 Å². The number of Topliss-reactive ketones (excluding diaryl/α,β-unsaturated/α-hetero) is 1. The molecule has 0 unspecified atom stereocenters. The van der Waals surface area contributed by atoms with Gasteiger partial charge in [-0.15, -0.1) is 11.3 Å². The van der Waals surface area contributed by atoms with E-state index in [0.29, 0.717) is 48.1 Å². The lowest BCUT2D eigenvalue weighted by atomic mass is 9.91. The first-order valence-corrected chi connectivity index (χ1v) is 11.8. The lowest BCUT2D eigenvalue weighted by Crippen LogP contribution is -2.34. The summed E-state index contributed by atoms with van der Waals surface area (Å²) < 4.78 is 26.3. The zero-order valence-electron chi connectivity index (χ0n) is 18.6. The van der Waals surface area contributed by atoms with Crippen LogP contribution in [-0.4, -0.2) is 49.7 Å². The molecule has 5 rings (SSSR count). The first-order chi connectivity index (χ1) is 15.8. The van der Waals surface area contributed by atoms with Crippen LogP contribution in [0.15, 0.2) is 24.3 Å². The number of nitrogen functional groups attached to an aromatic ring is 1. The first kappa shape index (κ1) is 22.1. The van der Waals surface area contributed by atoms with E-state index in [1.807, 2.05) is 24.0 Å². The third kappa shape index (κ3) is 4.05. The van der Waals surface area contributed by atoms with E-state index in [0.717, 1.165) is 21.5 Å². The van der Waals surface area contributed by atoms with Gasteiger partial charge in [-0.2, -0.15) is 0 Å². The van der Waals surface area contributed by atoms with Gasteiger partial charge in [0.05, 0.1) is 35.0 Å². The van der Waals surface area contributed by atoms with Crippen molar-refractivity contribution in [3.8, 4) is 5.75 Å². The van der Waals surface area contributed by atoms with Crippen molar-refractivity contribution in [2.24, 2.45) is 11.7 Å². The molecule has 0 bridgehead atoms. The Morgan fingerprint density at radius 3 is 2.94 bits per heavy atom. The predicted octanol–water partition coefficient (Wildman–Crippen LogP) is 3.31. The third-order valence-corrected chi connectivity index (χ3v) is 7.68. The molecule has 2 aliphatic heterocycles. The molecule has 7 nitrogen and oxygen atoms in total. The molecule has 1 saturated heterocycles. The topological polar surface area (TPSA) is 104 Å². The third-order valence-electron chi connectivity index (χ3n) is 6.53. The average Bonchev–Trinajstić information content (AvgIpc) is 3.32. The number of nitrogens with zero attached hydrogens (tertiary/aromatic N) is 2. The summed E-state index contributed by atoms with van der Waals surface area (Å²) in [5.41, 5.74) is 15.0. The Kier molecular flexibility index (Phi) is 5.72. The van der Waals surface area contributed by atoms with Crippen molar-refractivity contribution < 1.29 is 18.7 Å². The summed E-state index contributed by atoms with van der Waals surface area (Å²) in [7, 11) is 1.62. The molecular formula is C24H27FN4O3S. The second-order valence-electron chi connectivity index (χ2n) is 8.91. The summed E-state index contributed by atoms with van der Waals surface area (Å²) in [6, 6.07) is 6.89. The molecule has 1 fully saturated rings. The van der Waals surface area contributed by atoms with Gasteiger partial charge in [0.25, 0.3) is 0 Å². The highest BCUT2D eigenvalue weighted by molar-refractivity contribution is 7.21. The highest BCUT2D eigenvalue weighted by atomic mass is 32.1. The standard InChI is InChI=1S/C24H27FN4O3S/c1-12-3-4-15-22(27)23(33-24(15)28-12)19(30)6-13-5-14-7-16(25)18(8-20(14)32-11-13)29-9-17(26)21(10-29)31-2/h3-4,7-8,13,17,21H,5-6,9-11,26-27H2,1-2H3/t13-,17+,21+/m0/s1. The van der Waals surface area contributed by atoms with Crippen molar-refractivity contribution in [2.75, 3.05) is 37.4 Å². The van der Waals surface area contributed by atoms with Gasteiger partial charge in [0.1, 0.15) is 16.4 Å². The number of ketones is 1. The van der Waals surface area contributed by atoms with Gasteiger partial charge in [-0.1, -0.05) is 0 Å². The molecule has 4 heterocycles. The number of aromatic nitrogens is 1. The number of anilines is 2. The Hall–Kier alpha value is -2.75. The van der Waals surface area contributed by atoms with Crippen molar-refractivity contribution >= 4 is 38.7 Å². The van der Waals surface area contributed by atoms with Gasteiger partial charge in [-0.05, 0) is 37.1 Å². The minimum atomic E-state index is -0.316. The number of halogens is 1. The van der Waals surface area contributed by atoms with E-state index in [-0.39, 0.29) is 36.1 Å². The zero-order valence-corrected chi connectivity index (χ0v) is 19.5. The van der Waals surface area contributed by atoms with Crippen molar-refractivity contribution in [2.45, 2.75) is 31.9 Å². The van der Waals surface area contributed by atoms with Gasteiger partial charge < -0.3 is 25.8 Å². The molecule has 0 aliphatic carbocycles. The maximum atomic E-state index is 15.0. The number of thiophene rings is 1. The number of carbonyl (C=O) groups is 1. The Morgan fingerprint density at radius 1 is 1.36 bits per heavy atom. The number of nitrogens with two attached hydrogens (primary N) is 2. The number of aryl methyl sites for hydroxylation is 1. The van der Waals surface area contributed by atoms with Crippen LogP contribution in [0.1, 0.15) is 27.3 Å². The van der Waals surface area contributed by atoms with Gasteiger partial charge in [-0.3, -0.25) is 4.79 Å². The fourth-order valence-electron chi connectivity index (χ4n) is 4.73. The van der Waals surface area contributed by atoms with E-state index in [1.54, 1.807) is 13.2 Å². The molecule has 0 radical (unpaired) electrons. The van der Waals surface area contributed by atoms with Crippen LogP contribution in [-0.2, 0) is 11.2 Å². The van der Waals surface area contributed by atoms with Crippen LogP contribution in [0.4, 0.5) is 15.8 Å². The fourth-order valence-corrected chi connectivity index (χ4v) is 5.81. The van der Waals surface area contributed by atoms with Crippen LogP contribution < -0.4 is 21.1 Å². The maximum Gasteiger partial charge on any atom is 0.175 e. The summed E-state index contributed by atoms with van der Waals surface area (Å²) in [5.74, 6) is 0.264. The number of fused-ring (bicyclic) bond motifs is 2. The van der Waals surface area contributed by atoms with Crippen LogP contribution in [0.5, 0.6) is 5.75 Å². The highest BCUT2D eigenvalue weighted by Crippen LogP contribution is 2.38. The summed E-state index contributed by atoms with van der Waals surface area (Å²) >= 11 is 1.33. The monoisotopic (exact) mass is 470 g/mol. The van der Waals surface area contributed by atoms with Crippen molar-refractivity contribution in [1.29, 1.82) is 0 Å². The molecule has 9 heteroatoms. The number of ether oxygens (including phenoxy) is 2. The summed E-state index contributed by atoms with van der Waals surface area (Å²) in [5, 5.41) is 0.811. The molecular weight excluding hydrogens is 443 g/mol. The quantitative estimate of drug-likeness (QED) is 0.552. The number of benzene rings is 1. The first-order valence-electron chi connectivity index (χ1n) is 11.0. The van der Waals surface area contributed by atoms with Crippen LogP contribution in [0.2, 0.25) is 0 Å². The van der Waals surface area contributed by atoms with E-state index >= 15 is 0 Å². The molecule has 2 aromatic heterocycles. The number of rotatable bonds is 5. The minimum absolute atomic E-state index is 0.0287. The van der Waals surface area contributed by atoms with Crippen molar-refractivity contribution in [3.63, 3.8) is 0 Å². The fraction of sp³-hybridized carbons (Fsp3) is 0.417. The van der Waals surface area contributed by atoms with Gasteiger partial charge >= 0.3 is 0 Å². The molecule has 3 atom stereocenters. The molecule has 0 saturated carbocycles. The molecule has 174 valence electrons. The largest absolute Gasteiger partial charge is 0.493 e. The number of methoxy groups -OCH3 is 1. The summed E-state index contributed by atoms with van der Waals surface area (Å²) in [6.45, 7) is 3.37. The Bertz CT molecular complexity index is 1230. The number of hydrogen-bond donors (Lipinski definition) is 2. The smallest absolute Gasteiger partial charge is 0.175 e. The maximum absolute atomic E-state index is 15.0. The molecule has 1 aromatic carbocycles. The van der Waals surface area contributed by atoms with Crippen LogP contribution in [0.25, 0.3) is 10.2 Å². The van der Waals surface area contributed by atoms with E-state index in [2.05, 4.69) is 4.98 Å². The predicted molar refractivity (Wildman–Crippen MR) is 128 cm³/mol. The molecule has 2 aliphatic rings. The molecule has 0 amide bonds. The minimum Gasteiger partial charge on any atom is -0.493 e. The SMILES string of the molecule is CO[C@@H]1CN(c2cc3c(cc2F)C[C@@H](CC(=O)c2sc4nc(C)ccc4c2N)CO3)C[C@H]1N. The second-order valence-corrected chi connectivity index (χ2v) is 9.91. The van der Waals surface area contributed by atoms with Gasteiger partial charge in [0, 0.05) is 49.7 Å². The molecule has 4 N–H and O–H groups in total. The lowest BCUT2D eigenvalue weighted by Gasteiger charge is -2.27. The van der Waals surface area contributed by atoms with E-state index < -0.39 is 0 Å². The second kappa shape index (κ2) is 8.55. The van der Waals surface area contributed by atoms with Gasteiger partial charge in [0.2, 0.25) is 0 Å². The summed E-state index contributed by atoms with van der Waals surface area (Å²) in [6.07, 6.45) is 0.729. The highest BCUT2D eigenvalue weighted by Gasteiger charge is 2.33. The van der Waals surface area contributed by atoms with Gasteiger partial charge in [0.15, 0.2) is 5.78 Å². The Morgan fingerprint density at radius 2 is 2.18 bits per heavy atom. The van der Waals surface area contributed by atoms with Crippen molar-refractivity contribution in [3.05, 3.63) is 46.2 Å². The number of carbonyl (C=O) groups excluding carboxylic acids is 1. The Balaban J connectivity index is 1.31. The van der Waals surface area contributed by atoms with E-state index in [1.165, 1.54) is 17.4 Å². The number of hydrogen-bond acceptors (Lipinski definition) is 8. The summed E-state index contributed by atoms with van der Waals surface area (Å²) in [4.78, 5) is 20.7. The van der Waals surface area contributed by atoms with Crippen LogP contribution in [0.3, 0.4) is 0 Å². The van der Waals surface area contributed by atoms with Gasteiger partial charge in [-0.25, -0.2) is 9.37 Å². The zero-order chi connectivity index (χ0) is 23.3. The number of pyridine rings is 1.